The molecule has 0 aromatic carbocycles. The molecule has 0 nitrogen and oxygen atoms in total. The largest absolute Gasteiger partial charge is 0.128 e. The molecule has 1 aromatic rings. The van der Waals surface area contributed by atoms with Gasteiger partial charge in [0.2, 0.25) is 0 Å². The number of hydrogen-bond acceptors (Lipinski definition) is 1. The SMILES string of the molecule is C=C(Cl)c1ccc(I)s1. The third-order valence-corrected chi connectivity index (χ3v) is 3.11. The van der Waals surface area contributed by atoms with Crippen LogP contribution in [0.3, 0.4) is 0 Å². The van der Waals surface area contributed by atoms with Crippen molar-refractivity contribution in [3.05, 3.63) is 26.5 Å². The molecule has 0 unspecified atom stereocenters. The molecule has 0 saturated carbocycles. The Hall–Kier alpha value is 0.460. The minimum absolute atomic E-state index is 0.628. The van der Waals surface area contributed by atoms with Crippen molar-refractivity contribution in [2.24, 2.45) is 0 Å². The van der Waals surface area contributed by atoms with E-state index in [-0.39, 0.29) is 0 Å². The first-order valence-corrected chi connectivity index (χ1v) is 4.57. The topological polar surface area (TPSA) is 0 Å². The predicted octanol–water partition coefficient (Wildman–Crippen LogP) is 3.56. The summed E-state index contributed by atoms with van der Waals surface area (Å²) in [5.74, 6) is 0. The third-order valence-electron chi connectivity index (χ3n) is 0.841. The maximum atomic E-state index is 5.63. The zero-order chi connectivity index (χ0) is 6.85. The van der Waals surface area contributed by atoms with Crippen molar-refractivity contribution < 1.29 is 0 Å². The summed E-state index contributed by atoms with van der Waals surface area (Å²) >= 11 is 9.53. The van der Waals surface area contributed by atoms with E-state index in [9.17, 15) is 0 Å². The van der Waals surface area contributed by atoms with Crippen molar-refractivity contribution in [3.8, 4) is 0 Å². The van der Waals surface area contributed by atoms with Crippen LogP contribution in [0.1, 0.15) is 4.88 Å². The van der Waals surface area contributed by atoms with Crippen molar-refractivity contribution in [2.45, 2.75) is 0 Å². The lowest BCUT2D eigenvalue weighted by molar-refractivity contribution is 1.91. The molecule has 1 heterocycles. The molecule has 0 aliphatic carbocycles. The summed E-state index contributed by atoms with van der Waals surface area (Å²) in [5, 5.41) is 0.628. The lowest BCUT2D eigenvalue weighted by Gasteiger charge is -1.84. The predicted molar refractivity (Wildman–Crippen MR) is 51.9 cm³/mol. The van der Waals surface area contributed by atoms with Crippen LogP contribution in [0.5, 0.6) is 0 Å². The van der Waals surface area contributed by atoms with E-state index in [1.807, 2.05) is 12.1 Å². The van der Waals surface area contributed by atoms with Crippen molar-refractivity contribution >= 4 is 50.6 Å². The molecule has 1 rings (SSSR count). The highest BCUT2D eigenvalue weighted by atomic mass is 127. The second-order valence-electron chi connectivity index (χ2n) is 1.51. The molecule has 0 amide bonds. The highest BCUT2D eigenvalue weighted by Gasteiger charge is 1.97. The van der Waals surface area contributed by atoms with E-state index in [4.69, 9.17) is 11.6 Å². The fourth-order valence-electron chi connectivity index (χ4n) is 0.460. The van der Waals surface area contributed by atoms with Crippen LogP contribution in [0.25, 0.3) is 5.03 Å². The van der Waals surface area contributed by atoms with E-state index in [0.29, 0.717) is 5.03 Å². The highest BCUT2D eigenvalue weighted by molar-refractivity contribution is 14.1. The van der Waals surface area contributed by atoms with Gasteiger partial charge in [0.25, 0.3) is 0 Å². The van der Waals surface area contributed by atoms with E-state index in [0.717, 1.165) is 4.88 Å². The van der Waals surface area contributed by atoms with Crippen molar-refractivity contribution in [1.82, 2.24) is 0 Å². The van der Waals surface area contributed by atoms with Gasteiger partial charge in [-0.1, -0.05) is 18.2 Å². The normalized spacial score (nSPS) is 9.56. The minimum atomic E-state index is 0.628. The van der Waals surface area contributed by atoms with E-state index >= 15 is 0 Å². The van der Waals surface area contributed by atoms with Gasteiger partial charge in [-0.3, -0.25) is 0 Å². The van der Waals surface area contributed by atoms with Gasteiger partial charge in [0, 0.05) is 4.88 Å². The van der Waals surface area contributed by atoms with Crippen molar-refractivity contribution in [3.63, 3.8) is 0 Å². The van der Waals surface area contributed by atoms with E-state index < -0.39 is 0 Å². The number of rotatable bonds is 1. The molecular weight excluding hydrogens is 266 g/mol. The smallest absolute Gasteiger partial charge is 0.0660 e. The summed E-state index contributed by atoms with van der Waals surface area (Å²) in [6.07, 6.45) is 0. The van der Waals surface area contributed by atoms with Gasteiger partial charge in [0.15, 0.2) is 0 Å². The zero-order valence-electron chi connectivity index (χ0n) is 4.53. The molecule has 0 radical (unpaired) electrons. The van der Waals surface area contributed by atoms with Gasteiger partial charge < -0.3 is 0 Å². The molecule has 0 saturated heterocycles. The molecule has 0 aliphatic heterocycles. The Kier molecular flexibility index (Phi) is 2.55. The lowest BCUT2D eigenvalue weighted by Crippen LogP contribution is -1.57. The van der Waals surface area contributed by atoms with Crippen LogP contribution in [0.2, 0.25) is 0 Å². The van der Waals surface area contributed by atoms with Crippen LogP contribution in [-0.2, 0) is 0 Å². The zero-order valence-corrected chi connectivity index (χ0v) is 8.26. The molecule has 0 atom stereocenters. The van der Waals surface area contributed by atoms with Gasteiger partial charge in [-0.15, -0.1) is 11.3 Å². The summed E-state index contributed by atoms with van der Waals surface area (Å²) in [6.45, 7) is 3.61. The van der Waals surface area contributed by atoms with Gasteiger partial charge in [0.05, 0.1) is 7.92 Å². The Bertz CT molecular complexity index is 229. The quantitative estimate of drug-likeness (QED) is 0.685. The first kappa shape index (κ1) is 7.57. The van der Waals surface area contributed by atoms with Gasteiger partial charge >= 0.3 is 0 Å². The summed E-state index contributed by atoms with van der Waals surface area (Å²) in [4.78, 5) is 1.06. The van der Waals surface area contributed by atoms with Crippen molar-refractivity contribution in [2.75, 3.05) is 0 Å². The van der Waals surface area contributed by atoms with E-state index in [1.54, 1.807) is 11.3 Å². The summed E-state index contributed by atoms with van der Waals surface area (Å²) in [5.41, 5.74) is 0. The first-order chi connectivity index (χ1) is 4.20. The minimum Gasteiger partial charge on any atom is -0.128 e. The molecule has 3 heteroatoms. The molecular formula is C6H4ClIS. The Balaban J connectivity index is 2.98. The summed E-state index contributed by atoms with van der Waals surface area (Å²) < 4.78 is 1.24. The van der Waals surface area contributed by atoms with E-state index in [1.165, 1.54) is 2.88 Å². The molecule has 0 bridgehead atoms. The second kappa shape index (κ2) is 3.03. The van der Waals surface area contributed by atoms with E-state index in [2.05, 4.69) is 29.2 Å². The fourth-order valence-corrected chi connectivity index (χ4v) is 2.12. The Morgan fingerprint density at radius 3 is 2.56 bits per heavy atom. The molecule has 1 aromatic heterocycles. The number of halogens is 2. The average Bonchev–Trinajstić information content (AvgIpc) is 2.14. The number of hydrogen-bond donors (Lipinski definition) is 0. The summed E-state index contributed by atoms with van der Waals surface area (Å²) in [6, 6.07) is 4.00. The van der Waals surface area contributed by atoms with Gasteiger partial charge in [-0.25, -0.2) is 0 Å². The number of thiophene rings is 1. The van der Waals surface area contributed by atoms with Crippen LogP contribution in [0.15, 0.2) is 18.7 Å². The van der Waals surface area contributed by atoms with Crippen LogP contribution in [0, 0.1) is 2.88 Å². The highest BCUT2D eigenvalue weighted by Crippen LogP contribution is 2.25. The lowest BCUT2D eigenvalue weighted by atomic mass is 10.5. The molecule has 48 valence electrons. The summed E-state index contributed by atoms with van der Waals surface area (Å²) in [7, 11) is 0. The average molecular weight is 271 g/mol. The molecule has 9 heavy (non-hydrogen) atoms. The van der Waals surface area contributed by atoms with Gasteiger partial charge in [-0.05, 0) is 34.7 Å². The Morgan fingerprint density at radius 2 is 2.33 bits per heavy atom. The Labute approximate surface area is 76.7 Å². The molecule has 0 aliphatic rings. The van der Waals surface area contributed by atoms with Crippen LogP contribution in [-0.4, -0.2) is 0 Å². The second-order valence-corrected chi connectivity index (χ2v) is 4.94. The van der Waals surface area contributed by atoms with Crippen molar-refractivity contribution in [1.29, 1.82) is 0 Å². The maximum absolute atomic E-state index is 5.63. The van der Waals surface area contributed by atoms with Crippen LogP contribution >= 0.6 is 45.5 Å². The van der Waals surface area contributed by atoms with Crippen LogP contribution < -0.4 is 0 Å². The monoisotopic (exact) mass is 270 g/mol. The standard InChI is InChI=1S/C6H4ClIS/c1-4(7)5-2-3-6(8)9-5/h2-3H,1H2. The molecule has 0 spiro atoms. The van der Waals surface area contributed by atoms with Crippen LogP contribution in [0.4, 0.5) is 0 Å². The molecule has 0 N–H and O–H groups in total. The Morgan fingerprint density at radius 1 is 1.67 bits per heavy atom. The fraction of sp³-hybridized carbons (Fsp3) is 0. The molecule has 0 fully saturated rings. The first-order valence-electron chi connectivity index (χ1n) is 2.30. The van der Waals surface area contributed by atoms with Gasteiger partial charge in [0.1, 0.15) is 0 Å². The maximum Gasteiger partial charge on any atom is 0.0660 e. The third kappa shape index (κ3) is 1.95. The van der Waals surface area contributed by atoms with Gasteiger partial charge in [-0.2, -0.15) is 0 Å².